The van der Waals surface area contributed by atoms with E-state index < -0.39 is 0 Å². The van der Waals surface area contributed by atoms with Crippen molar-refractivity contribution in [3.05, 3.63) is 34.9 Å². The summed E-state index contributed by atoms with van der Waals surface area (Å²) in [6.45, 7) is 0.678. The van der Waals surface area contributed by atoms with Crippen molar-refractivity contribution in [2.24, 2.45) is 0 Å². The van der Waals surface area contributed by atoms with E-state index in [-0.39, 0.29) is 6.04 Å². The van der Waals surface area contributed by atoms with E-state index in [1.807, 2.05) is 24.3 Å². The standard InChI is InChI=1S/C10H10Cl2NO/c11-7-2-1-3-8(6-7)13-9-4-5-14-10(9)12/h1-3,6,9,13H,4-5H2. The summed E-state index contributed by atoms with van der Waals surface area (Å²) in [5, 5.41) is 3.97. The van der Waals surface area contributed by atoms with Gasteiger partial charge in [-0.05, 0) is 24.6 Å². The molecule has 1 N–H and O–H groups in total. The van der Waals surface area contributed by atoms with Gasteiger partial charge in [0.15, 0.2) is 0 Å². The molecule has 0 aromatic heterocycles. The molecule has 2 nitrogen and oxygen atoms in total. The molecule has 0 aliphatic carbocycles. The third kappa shape index (κ3) is 2.32. The molecule has 4 heteroatoms. The first-order valence-corrected chi connectivity index (χ1v) is 5.18. The van der Waals surface area contributed by atoms with Gasteiger partial charge in [-0.1, -0.05) is 29.3 Å². The minimum Gasteiger partial charge on any atom is -0.378 e. The molecule has 1 heterocycles. The number of hydrogen-bond donors (Lipinski definition) is 1. The highest BCUT2D eigenvalue weighted by atomic mass is 35.5. The molecule has 0 bridgehead atoms. The fraction of sp³-hybridized carbons (Fsp3) is 0.300. The van der Waals surface area contributed by atoms with Gasteiger partial charge in [0.25, 0.3) is 0 Å². The summed E-state index contributed by atoms with van der Waals surface area (Å²) in [6.07, 6.45) is 0.894. The average Bonchev–Trinajstić information content (AvgIpc) is 2.52. The maximum Gasteiger partial charge on any atom is 0.206 e. The monoisotopic (exact) mass is 230 g/mol. The molecule has 75 valence electrons. The van der Waals surface area contributed by atoms with Crippen molar-refractivity contribution >= 4 is 28.9 Å². The number of anilines is 1. The van der Waals surface area contributed by atoms with Gasteiger partial charge >= 0.3 is 0 Å². The van der Waals surface area contributed by atoms with Crippen molar-refractivity contribution in [2.75, 3.05) is 11.9 Å². The Hall–Kier alpha value is -0.440. The lowest BCUT2D eigenvalue weighted by molar-refractivity contribution is 0.235. The van der Waals surface area contributed by atoms with Gasteiger partial charge in [-0.3, -0.25) is 0 Å². The summed E-state index contributed by atoms with van der Waals surface area (Å²) < 4.78 is 5.15. The van der Waals surface area contributed by atoms with Crippen molar-refractivity contribution in [2.45, 2.75) is 12.5 Å². The number of benzene rings is 1. The second kappa shape index (κ2) is 4.39. The number of hydrogen-bond acceptors (Lipinski definition) is 2. The second-order valence-electron chi connectivity index (χ2n) is 3.15. The maximum atomic E-state index is 5.87. The molecular weight excluding hydrogens is 221 g/mol. The number of nitrogens with one attached hydrogen (secondary N) is 1. The van der Waals surface area contributed by atoms with Crippen LogP contribution in [0.5, 0.6) is 0 Å². The highest BCUT2D eigenvalue weighted by Crippen LogP contribution is 2.28. The molecule has 0 spiro atoms. The third-order valence-corrected chi connectivity index (χ3v) is 2.69. The molecular formula is C10H10Cl2NO. The van der Waals surface area contributed by atoms with Crippen LogP contribution in [0, 0.1) is 5.56 Å². The van der Waals surface area contributed by atoms with Crippen LogP contribution in [0.15, 0.2) is 24.3 Å². The van der Waals surface area contributed by atoms with Crippen molar-refractivity contribution in [1.82, 2.24) is 0 Å². The lowest BCUT2D eigenvalue weighted by atomic mass is 10.2. The van der Waals surface area contributed by atoms with Gasteiger partial charge < -0.3 is 10.1 Å². The van der Waals surface area contributed by atoms with Gasteiger partial charge in [-0.25, -0.2) is 0 Å². The van der Waals surface area contributed by atoms with Gasteiger partial charge in [0.05, 0.1) is 12.6 Å². The van der Waals surface area contributed by atoms with Gasteiger partial charge in [-0.15, -0.1) is 0 Å². The van der Waals surface area contributed by atoms with E-state index in [4.69, 9.17) is 27.9 Å². The second-order valence-corrected chi connectivity index (χ2v) is 3.96. The van der Waals surface area contributed by atoms with Crippen LogP contribution in [0.3, 0.4) is 0 Å². The van der Waals surface area contributed by atoms with Crippen molar-refractivity contribution < 1.29 is 4.74 Å². The Morgan fingerprint density at radius 2 is 2.21 bits per heavy atom. The average molecular weight is 231 g/mol. The van der Waals surface area contributed by atoms with E-state index in [0.717, 1.165) is 12.1 Å². The Morgan fingerprint density at radius 3 is 2.86 bits per heavy atom. The summed E-state index contributed by atoms with van der Waals surface area (Å²) in [7, 11) is 0. The van der Waals surface area contributed by atoms with Gasteiger partial charge in [-0.2, -0.15) is 0 Å². The summed E-state index contributed by atoms with van der Waals surface area (Å²) >= 11 is 11.7. The summed E-state index contributed by atoms with van der Waals surface area (Å²) in [4.78, 5) is 0. The van der Waals surface area contributed by atoms with E-state index in [1.165, 1.54) is 0 Å². The molecule has 1 radical (unpaired) electrons. The van der Waals surface area contributed by atoms with Crippen molar-refractivity contribution in [3.8, 4) is 0 Å². The summed E-state index contributed by atoms with van der Waals surface area (Å²) in [5.74, 6) is 0. The molecule has 1 unspecified atom stereocenters. The minimum atomic E-state index is 0.0927. The molecule has 1 saturated heterocycles. The molecule has 1 aliphatic rings. The molecule has 14 heavy (non-hydrogen) atoms. The van der Waals surface area contributed by atoms with Crippen LogP contribution in [-0.4, -0.2) is 12.6 Å². The van der Waals surface area contributed by atoms with Crippen molar-refractivity contribution in [1.29, 1.82) is 0 Å². The molecule has 0 saturated carbocycles. The van der Waals surface area contributed by atoms with Gasteiger partial charge in [0.1, 0.15) is 0 Å². The highest BCUT2D eigenvalue weighted by molar-refractivity contribution is 6.30. The van der Waals surface area contributed by atoms with E-state index in [0.29, 0.717) is 17.2 Å². The van der Waals surface area contributed by atoms with Crippen LogP contribution >= 0.6 is 23.2 Å². The van der Waals surface area contributed by atoms with Gasteiger partial charge in [0.2, 0.25) is 5.56 Å². The molecule has 0 amide bonds. The molecule has 1 aliphatic heterocycles. The molecule has 1 atom stereocenters. The molecule has 1 aromatic rings. The fourth-order valence-corrected chi connectivity index (χ4v) is 1.83. The fourth-order valence-electron chi connectivity index (χ4n) is 1.40. The van der Waals surface area contributed by atoms with Crippen LogP contribution in [0.1, 0.15) is 6.42 Å². The zero-order valence-electron chi connectivity index (χ0n) is 7.47. The SMILES string of the molecule is Cl[C]1OCCC1Nc1cccc(Cl)c1. The number of ether oxygens (including phenoxy) is 1. The minimum absolute atomic E-state index is 0.0927. The number of rotatable bonds is 2. The summed E-state index contributed by atoms with van der Waals surface area (Å²) in [6, 6.07) is 7.64. The molecule has 2 rings (SSSR count). The first kappa shape index (κ1) is 10.1. The Kier molecular flexibility index (Phi) is 3.16. The van der Waals surface area contributed by atoms with Crippen LogP contribution in [0.25, 0.3) is 0 Å². The Labute approximate surface area is 93.2 Å². The third-order valence-electron chi connectivity index (χ3n) is 2.09. The zero-order chi connectivity index (χ0) is 9.97. The van der Waals surface area contributed by atoms with Crippen LogP contribution in [-0.2, 0) is 4.74 Å². The van der Waals surface area contributed by atoms with Gasteiger partial charge in [0, 0.05) is 10.7 Å². The van der Waals surface area contributed by atoms with E-state index in [2.05, 4.69) is 5.32 Å². The Bertz CT molecular complexity index is 319. The highest BCUT2D eigenvalue weighted by Gasteiger charge is 2.27. The van der Waals surface area contributed by atoms with Crippen molar-refractivity contribution in [3.63, 3.8) is 0 Å². The lowest BCUT2D eigenvalue weighted by Crippen LogP contribution is -2.19. The smallest absolute Gasteiger partial charge is 0.206 e. The molecule has 1 aromatic carbocycles. The van der Waals surface area contributed by atoms with Crippen LogP contribution < -0.4 is 5.32 Å². The van der Waals surface area contributed by atoms with Crippen LogP contribution in [0.4, 0.5) is 5.69 Å². The number of halogens is 2. The summed E-state index contributed by atoms with van der Waals surface area (Å²) in [5.41, 5.74) is 1.50. The topological polar surface area (TPSA) is 21.3 Å². The largest absolute Gasteiger partial charge is 0.378 e. The molecule has 1 fully saturated rings. The zero-order valence-corrected chi connectivity index (χ0v) is 8.98. The Morgan fingerprint density at radius 1 is 1.36 bits per heavy atom. The van der Waals surface area contributed by atoms with E-state index in [9.17, 15) is 0 Å². The van der Waals surface area contributed by atoms with Crippen LogP contribution in [0.2, 0.25) is 5.02 Å². The normalized spacial score (nSPS) is 22.6. The van der Waals surface area contributed by atoms with E-state index in [1.54, 1.807) is 0 Å². The lowest BCUT2D eigenvalue weighted by Gasteiger charge is -2.14. The first-order chi connectivity index (χ1) is 6.75. The predicted octanol–water partition coefficient (Wildman–Crippen LogP) is 3.27. The predicted molar refractivity (Wildman–Crippen MR) is 58.5 cm³/mol. The van der Waals surface area contributed by atoms with E-state index >= 15 is 0 Å². The first-order valence-electron chi connectivity index (χ1n) is 4.43. The quantitative estimate of drug-likeness (QED) is 0.843. The maximum absolute atomic E-state index is 5.87. The Balaban J connectivity index is 2.03.